The summed E-state index contributed by atoms with van der Waals surface area (Å²) in [5.41, 5.74) is 2.13. The summed E-state index contributed by atoms with van der Waals surface area (Å²) in [5.74, 6) is 0. The first-order chi connectivity index (χ1) is 11.3. The van der Waals surface area contributed by atoms with E-state index in [1.807, 2.05) is 12.1 Å². The average molecular weight is 368 g/mol. The largest absolute Gasteiger partial charge is 0.334 e. The van der Waals surface area contributed by atoms with Gasteiger partial charge in [-0.05, 0) is 35.4 Å². The molecule has 2 amide bonds. The molecule has 0 aliphatic carbocycles. The van der Waals surface area contributed by atoms with Crippen molar-refractivity contribution in [1.29, 1.82) is 0 Å². The van der Waals surface area contributed by atoms with Crippen molar-refractivity contribution in [3.63, 3.8) is 0 Å². The number of anilines is 1. The van der Waals surface area contributed by atoms with Crippen LogP contribution in [0, 0.1) is 0 Å². The van der Waals surface area contributed by atoms with Gasteiger partial charge in [-0.3, -0.25) is 4.72 Å². The van der Waals surface area contributed by atoms with Crippen molar-refractivity contribution in [1.82, 2.24) is 10.6 Å². The number of hydrogen-bond acceptors (Lipinski definition) is 3. The molecule has 8 heteroatoms. The van der Waals surface area contributed by atoms with Crippen molar-refractivity contribution in [2.45, 2.75) is 13.1 Å². The normalized spacial score (nSPS) is 10.9. The van der Waals surface area contributed by atoms with Crippen LogP contribution >= 0.6 is 11.6 Å². The number of urea groups is 1. The predicted octanol–water partition coefficient (Wildman–Crippen LogP) is 2.71. The van der Waals surface area contributed by atoms with E-state index < -0.39 is 10.0 Å². The molecular formula is C16H18ClN3O3S. The first-order valence-electron chi connectivity index (χ1n) is 7.15. The number of carbonyl (C=O) groups excluding carboxylic acids is 1. The summed E-state index contributed by atoms with van der Waals surface area (Å²) in [7, 11) is -3.33. The molecule has 0 radical (unpaired) electrons. The molecule has 0 bridgehead atoms. The van der Waals surface area contributed by atoms with E-state index in [4.69, 9.17) is 11.6 Å². The van der Waals surface area contributed by atoms with Gasteiger partial charge in [0.05, 0.1) is 6.26 Å². The Kier molecular flexibility index (Phi) is 6.05. The maximum Gasteiger partial charge on any atom is 0.315 e. The monoisotopic (exact) mass is 367 g/mol. The molecule has 0 heterocycles. The standard InChI is InChI=1S/C16H18ClN3O3S/c1-24(22,23)20-15-7-3-5-13(9-15)11-19-16(21)18-10-12-4-2-6-14(17)8-12/h2-9,20H,10-11H2,1H3,(H2,18,19,21). The van der Waals surface area contributed by atoms with Gasteiger partial charge in [0.15, 0.2) is 0 Å². The average Bonchev–Trinajstić information content (AvgIpc) is 2.50. The van der Waals surface area contributed by atoms with Crippen LogP contribution in [0.4, 0.5) is 10.5 Å². The zero-order valence-electron chi connectivity index (χ0n) is 13.0. The Labute approximate surface area is 146 Å². The number of halogens is 1. The number of amides is 2. The molecule has 0 saturated heterocycles. The van der Waals surface area contributed by atoms with Crippen molar-refractivity contribution in [3.05, 3.63) is 64.7 Å². The molecule has 0 aromatic heterocycles. The molecule has 0 fully saturated rings. The summed E-state index contributed by atoms with van der Waals surface area (Å²) < 4.78 is 24.8. The minimum atomic E-state index is -3.33. The fourth-order valence-electron chi connectivity index (χ4n) is 2.03. The first kappa shape index (κ1) is 18.1. The van der Waals surface area contributed by atoms with Gasteiger partial charge in [0, 0.05) is 23.8 Å². The molecule has 0 aliphatic heterocycles. The van der Waals surface area contributed by atoms with Crippen LogP contribution < -0.4 is 15.4 Å². The molecule has 6 nitrogen and oxygen atoms in total. The fourth-order valence-corrected chi connectivity index (χ4v) is 2.80. The first-order valence-corrected chi connectivity index (χ1v) is 9.42. The highest BCUT2D eigenvalue weighted by atomic mass is 35.5. The Morgan fingerprint density at radius 3 is 2.17 bits per heavy atom. The van der Waals surface area contributed by atoms with E-state index in [1.165, 1.54) is 0 Å². The second kappa shape index (κ2) is 8.03. The Morgan fingerprint density at radius 1 is 1.00 bits per heavy atom. The molecule has 24 heavy (non-hydrogen) atoms. The van der Waals surface area contributed by atoms with Gasteiger partial charge in [0.25, 0.3) is 0 Å². The summed E-state index contributed by atoms with van der Waals surface area (Å²) in [4.78, 5) is 11.8. The van der Waals surface area contributed by atoms with Crippen LogP contribution in [-0.4, -0.2) is 20.7 Å². The third kappa shape index (κ3) is 6.47. The van der Waals surface area contributed by atoms with Crippen LogP contribution in [0.5, 0.6) is 0 Å². The molecule has 3 N–H and O–H groups in total. The van der Waals surface area contributed by atoms with E-state index >= 15 is 0 Å². The van der Waals surface area contributed by atoms with Crippen LogP contribution in [0.1, 0.15) is 11.1 Å². The smallest absolute Gasteiger partial charge is 0.315 e. The molecule has 0 saturated carbocycles. The maximum absolute atomic E-state index is 11.8. The topological polar surface area (TPSA) is 87.3 Å². The lowest BCUT2D eigenvalue weighted by molar-refractivity contribution is 0.240. The molecule has 0 aliphatic rings. The SMILES string of the molecule is CS(=O)(=O)Nc1cccc(CNC(=O)NCc2cccc(Cl)c2)c1. The number of carbonyl (C=O) groups is 1. The summed E-state index contributed by atoms with van der Waals surface area (Å²) in [6, 6.07) is 13.7. The number of benzene rings is 2. The highest BCUT2D eigenvalue weighted by Gasteiger charge is 2.04. The van der Waals surface area contributed by atoms with Gasteiger partial charge in [0.2, 0.25) is 10.0 Å². The van der Waals surface area contributed by atoms with Crippen molar-refractivity contribution in [2.75, 3.05) is 11.0 Å². The molecule has 2 aromatic carbocycles. The number of sulfonamides is 1. The van der Waals surface area contributed by atoms with Crippen LogP contribution in [0.3, 0.4) is 0 Å². The lowest BCUT2D eigenvalue weighted by atomic mass is 10.2. The van der Waals surface area contributed by atoms with E-state index in [0.717, 1.165) is 17.4 Å². The third-order valence-corrected chi connectivity index (χ3v) is 3.87. The lowest BCUT2D eigenvalue weighted by Gasteiger charge is -2.09. The van der Waals surface area contributed by atoms with Crippen molar-refractivity contribution < 1.29 is 13.2 Å². The quantitative estimate of drug-likeness (QED) is 0.733. The van der Waals surface area contributed by atoms with Gasteiger partial charge in [-0.15, -0.1) is 0 Å². The fraction of sp³-hybridized carbons (Fsp3) is 0.188. The minimum Gasteiger partial charge on any atom is -0.334 e. The molecule has 128 valence electrons. The summed E-state index contributed by atoms with van der Waals surface area (Å²) in [5, 5.41) is 6.06. The van der Waals surface area contributed by atoms with Crippen LogP contribution in [-0.2, 0) is 23.1 Å². The molecule has 0 spiro atoms. The van der Waals surface area contributed by atoms with Gasteiger partial charge in [0.1, 0.15) is 0 Å². The van der Waals surface area contributed by atoms with Gasteiger partial charge in [-0.1, -0.05) is 35.9 Å². The van der Waals surface area contributed by atoms with Gasteiger partial charge >= 0.3 is 6.03 Å². The van der Waals surface area contributed by atoms with E-state index in [-0.39, 0.29) is 12.6 Å². The molecular weight excluding hydrogens is 350 g/mol. The Morgan fingerprint density at radius 2 is 1.58 bits per heavy atom. The van der Waals surface area contributed by atoms with Crippen molar-refractivity contribution >= 4 is 33.3 Å². The molecule has 2 aromatic rings. The lowest BCUT2D eigenvalue weighted by Crippen LogP contribution is -2.34. The van der Waals surface area contributed by atoms with E-state index in [9.17, 15) is 13.2 Å². The van der Waals surface area contributed by atoms with Gasteiger partial charge in [-0.25, -0.2) is 13.2 Å². The number of nitrogens with one attached hydrogen (secondary N) is 3. The molecule has 0 atom stereocenters. The summed E-state index contributed by atoms with van der Waals surface area (Å²) in [6.45, 7) is 0.642. The van der Waals surface area contributed by atoms with E-state index in [2.05, 4.69) is 15.4 Å². The summed E-state index contributed by atoms with van der Waals surface area (Å²) >= 11 is 5.88. The van der Waals surface area contributed by atoms with Crippen LogP contribution in [0.15, 0.2) is 48.5 Å². The second-order valence-electron chi connectivity index (χ2n) is 5.24. The van der Waals surface area contributed by atoms with E-state index in [0.29, 0.717) is 17.3 Å². The summed E-state index contributed by atoms with van der Waals surface area (Å²) in [6.07, 6.45) is 1.08. The van der Waals surface area contributed by atoms with Crippen LogP contribution in [0.2, 0.25) is 5.02 Å². The molecule has 2 rings (SSSR count). The maximum atomic E-state index is 11.8. The zero-order valence-corrected chi connectivity index (χ0v) is 14.6. The van der Waals surface area contributed by atoms with E-state index in [1.54, 1.807) is 36.4 Å². The van der Waals surface area contributed by atoms with Crippen molar-refractivity contribution in [2.24, 2.45) is 0 Å². The number of hydrogen-bond donors (Lipinski definition) is 3. The Bertz CT molecular complexity index is 825. The Hall–Kier alpha value is -2.25. The Balaban J connectivity index is 1.84. The highest BCUT2D eigenvalue weighted by molar-refractivity contribution is 7.92. The second-order valence-corrected chi connectivity index (χ2v) is 7.43. The van der Waals surface area contributed by atoms with Gasteiger partial charge in [-0.2, -0.15) is 0 Å². The van der Waals surface area contributed by atoms with Crippen LogP contribution in [0.25, 0.3) is 0 Å². The highest BCUT2D eigenvalue weighted by Crippen LogP contribution is 2.12. The zero-order chi connectivity index (χ0) is 17.6. The molecule has 0 unspecified atom stereocenters. The predicted molar refractivity (Wildman–Crippen MR) is 95.4 cm³/mol. The van der Waals surface area contributed by atoms with Crippen molar-refractivity contribution in [3.8, 4) is 0 Å². The minimum absolute atomic E-state index is 0.278. The number of rotatable bonds is 6. The van der Waals surface area contributed by atoms with Gasteiger partial charge < -0.3 is 10.6 Å². The third-order valence-electron chi connectivity index (χ3n) is 3.03.